The number of hydrogen-bond donors (Lipinski definition) is 7. The van der Waals surface area contributed by atoms with Crippen LogP contribution in [0.1, 0.15) is 5.56 Å². The number of carboxylic acids is 1. The van der Waals surface area contributed by atoms with Gasteiger partial charge in [0.1, 0.15) is 40.8 Å². The van der Waals surface area contributed by atoms with E-state index in [0.717, 1.165) is 18.2 Å². The maximum atomic E-state index is 13.2. The predicted molar refractivity (Wildman–Crippen MR) is 156 cm³/mol. The van der Waals surface area contributed by atoms with Crippen molar-refractivity contribution in [1.29, 1.82) is 0 Å². The standard InChI is InChI=1S/C31H26O15/c1-42-19-10-13(2-8-16(19)33)3-9-22(35)45-28-21(44-31-27(39)25(37)26(38)29(46-31)30(40)41)12-20-23(24(28)36)17(34)11-18(43-20)14-4-6-15(32)7-5-14/h2-12,25-27,29,31-33,36-39H,1H3,(H,40,41)/b9-3+/t25-,26-,27+,29-,31+/m0/s1. The SMILES string of the molecule is COc1cc(/C=C/C(=O)Oc2c(O[C@@H]3O[C@H](C(=O)O)[C@@H](O)[C@H](O)[C@H]3O)cc3oc(-c4ccc(O)cc4)cc(=O)c3c2O)ccc1O. The fraction of sp³-hybridized carbons (Fsp3) is 0.194. The molecule has 7 N–H and O–H groups in total. The summed E-state index contributed by atoms with van der Waals surface area (Å²) in [4.78, 5) is 37.6. The van der Waals surface area contributed by atoms with Crippen LogP contribution in [0.3, 0.4) is 0 Å². The number of carbonyl (C=O) groups excluding carboxylic acids is 1. The average molecular weight is 639 g/mol. The summed E-state index contributed by atoms with van der Waals surface area (Å²) in [5.41, 5.74) is -0.331. The molecule has 5 atom stereocenters. The van der Waals surface area contributed by atoms with E-state index in [-0.39, 0.29) is 28.6 Å². The van der Waals surface area contributed by atoms with Gasteiger partial charge in [-0.05, 0) is 48.0 Å². The molecule has 0 saturated carbocycles. The summed E-state index contributed by atoms with van der Waals surface area (Å²) in [7, 11) is 1.33. The van der Waals surface area contributed by atoms with Gasteiger partial charge >= 0.3 is 11.9 Å². The van der Waals surface area contributed by atoms with Crippen molar-refractivity contribution in [2.24, 2.45) is 0 Å². The third-order valence-electron chi connectivity index (χ3n) is 6.94. The van der Waals surface area contributed by atoms with Gasteiger partial charge < -0.3 is 59.1 Å². The third kappa shape index (κ3) is 6.29. The maximum absolute atomic E-state index is 13.2. The lowest BCUT2D eigenvalue weighted by Gasteiger charge is -2.38. The van der Waals surface area contributed by atoms with Gasteiger partial charge in [-0.25, -0.2) is 9.59 Å². The summed E-state index contributed by atoms with van der Waals surface area (Å²) < 4.78 is 26.9. The van der Waals surface area contributed by atoms with Gasteiger partial charge in [0.2, 0.25) is 12.0 Å². The Kier molecular flexibility index (Phi) is 8.84. The third-order valence-corrected chi connectivity index (χ3v) is 6.94. The van der Waals surface area contributed by atoms with Gasteiger partial charge in [0.25, 0.3) is 0 Å². The number of rotatable bonds is 8. The highest BCUT2D eigenvalue weighted by atomic mass is 16.7. The number of phenolic OH excluding ortho intramolecular Hbond substituents is 3. The topological polar surface area (TPSA) is 243 Å². The number of esters is 1. The van der Waals surface area contributed by atoms with Crippen LogP contribution in [0.25, 0.3) is 28.4 Å². The van der Waals surface area contributed by atoms with Crippen LogP contribution in [-0.4, -0.2) is 85.5 Å². The molecule has 240 valence electrons. The lowest BCUT2D eigenvalue weighted by molar-refractivity contribution is -0.271. The second-order valence-corrected chi connectivity index (χ2v) is 9.99. The first-order valence-corrected chi connectivity index (χ1v) is 13.4. The number of carboxylic acid groups (broad SMARTS) is 1. The maximum Gasteiger partial charge on any atom is 0.336 e. The molecule has 1 aromatic heterocycles. The molecular weight excluding hydrogens is 612 g/mol. The molecule has 0 radical (unpaired) electrons. The zero-order valence-corrected chi connectivity index (χ0v) is 23.6. The van der Waals surface area contributed by atoms with Gasteiger partial charge in [-0.3, -0.25) is 4.79 Å². The summed E-state index contributed by atoms with van der Waals surface area (Å²) in [5, 5.41) is 70.3. The molecule has 5 rings (SSSR count). The van der Waals surface area contributed by atoms with Gasteiger partial charge in [-0.15, -0.1) is 0 Å². The highest BCUT2D eigenvalue weighted by Gasteiger charge is 2.48. The molecule has 1 aliphatic heterocycles. The minimum atomic E-state index is -2.05. The van der Waals surface area contributed by atoms with E-state index in [1.807, 2.05) is 0 Å². The summed E-state index contributed by atoms with van der Waals surface area (Å²) in [5.74, 6) is -5.18. The van der Waals surface area contributed by atoms with E-state index in [0.29, 0.717) is 11.1 Å². The van der Waals surface area contributed by atoms with E-state index >= 15 is 0 Å². The molecule has 0 spiro atoms. The molecular formula is C31H26O15. The first kappa shape index (κ1) is 31.8. The minimum Gasteiger partial charge on any atom is -0.508 e. The van der Waals surface area contributed by atoms with Crippen LogP contribution < -0.4 is 19.6 Å². The normalized spacial score (nSPS) is 21.3. The van der Waals surface area contributed by atoms with Crippen LogP contribution in [0.15, 0.2) is 69.9 Å². The van der Waals surface area contributed by atoms with E-state index in [1.165, 1.54) is 55.7 Å². The molecule has 15 nitrogen and oxygen atoms in total. The van der Waals surface area contributed by atoms with Crippen LogP contribution >= 0.6 is 0 Å². The molecule has 0 amide bonds. The van der Waals surface area contributed by atoms with E-state index in [1.54, 1.807) is 0 Å². The van der Waals surface area contributed by atoms with Crippen molar-refractivity contribution in [2.45, 2.75) is 30.7 Å². The van der Waals surface area contributed by atoms with Gasteiger partial charge in [0.05, 0.1) is 7.11 Å². The second-order valence-electron chi connectivity index (χ2n) is 9.99. The molecule has 0 bridgehead atoms. The molecule has 4 aromatic rings. The molecule has 46 heavy (non-hydrogen) atoms. The number of carbonyl (C=O) groups is 2. The Hall–Kier alpha value is -5.61. The number of methoxy groups -OCH3 is 1. The molecule has 3 aromatic carbocycles. The quantitative estimate of drug-likeness (QED) is 0.0821. The summed E-state index contributed by atoms with van der Waals surface area (Å²) in [6, 6.07) is 11.8. The van der Waals surface area contributed by atoms with Crippen LogP contribution in [0.2, 0.25) is 0 Å². The Balaban J connectivity index is 1.58. The number of benzene rings is 3. The van der Waals surface area contributed by atoms with Crippen molar-refractivity contribution >= 4 is 29.0 Å². The Labute approximate surface area is 257 Å². The number of aromatic hydroxyl groups is 3. The van der Waals surface area contributed by atoms with Gasteiger partial charge in [0.15, 0.2) is 34.5 Å². The number of hydrogen-bond acceptors (Lipinski definition) is 14. The Morgan fingerprint density at radius 3 is 2.28 bits per heavy atom. The van der Waals surface area contributed by atoms with Crippen LogP contribution in [-0.2, 0) is 14.3 Å². The molecule has 1 saturated heterocycles. The van der Waals surface area contributed by atoms with E-state index in [2.05, 4.69) is 0 Å². The van der Waals surface area contributed by atoms with Gasteiger partial charge in [0, 0.05) is 23.8 Å². The number of aliphatic carboxylic acids is 1. The van der Waals surface area contributed by atoms with Crippen molar-refractivity contribution in [3.8, 4) is 45.8 Å². The average Bonchev–Trinajstić information content (AvgIpc) is 3.02. The molecule has 15 heteroatoms. The second kappa shape index (κ2) is 12.8. The number of aliphatic hydroxyl groups excluding tert-OH is 3. The lowest BCUT2D eigenvalue weighted by Crippen LogP contribution is -2.61. The van der Waals surface area contributed by atoms with Crippen LogP contribution in [0.5, 0.6) is 34.5 Å². The Morgan fingerprint density at radius 2 is 1.61 bits per heavy atom. The molecule has 0 unspecified atom stereocenters. The van der Waals surface area contributed by atoms with E-state index in [4.69, 9.17) is 23.4 Å². The van der Waals surface area contributed by atoms with Crippen molar-refractivity contribution in [3.63, 3.8) is 0 Å². The fourth-order valence-corrected chi connectivity index (χ4v) is 4.59. The molecule has 1 aliphatic rings. The van der Waals surface area contributed by atoms with Crippen molar-refractivity contribution < 1.29 is 68.7 Å². The number of ether oxygens (including phenoxy) is 4. The fourth-order valence-electron chi connectivity index (χ4n) is 4.59. The van der Waals surface area contributed by atoms with E-state index in [9.17, 15) is 50.1 Å². The summed E-state index contributed by atoms with van der Waals surface area (Å²) in [6.45, 7) is 0. The smallest absolute Gasteiger partial charge is 0.336 e. The lowest BCUT2D eigenvalue weighted by atomic mass is 9.99. The Bertz CT molecular complexity index is 1880. The number of fused-ring (bicyclic) bond motifs is 1. The van der Waals surface area contributed by atoms with Gasteiger partial charge in [-0.2, -0.15) is 0 Å². The summed E-state index contributed by atoms with van der Waals surface area (Å²) in [6.07, 6.45) is -7.96. The number of aliphatic hydroxyl groups is 3. The Morgan fingerprint density at radius 1 is 0.891 bits per heavy atom. The molecule has 1 fully saturated rings. The first-order valence-electron chi connectivity index (χ1n) is 13.4. The summed E-state index contributed by atoms with van der Waals surface area (Å²) >= 11 is 0. The highest BCUT2D eigenvalue weighted by molar-refractivity contribution is 5.94. The highest BCUT2D eigenvalue weighted by Crippen LogP contribution is 2.44. The van der Waals surface area contributed by atoms with Crippen LogP contribution in [0, 0.1) is 0 Å². The van der Waals surface area contributed by atoms with Crippen molar-refractivity contribution in [2.75, 3.05) is 7.11 Å². The van der Waals surface area contributed by atoms with Crippen LogP contribution in [0.4, 0.5) is 0 Å². The molecule has 2 heterocycles. The monoisotopic (exact) mass is 638 g/mol. The van der Waals surface area contributed by atoms with Gasteiger partial charge in [-0.1, -0.05) is 6.07 Å². The van der Waals surface area contributed by atoms with E-state index < -0.39 is 70.7 Å². The zero-order valence-electron chi connectivity index (χ0n) is 23.6. The largest absolute Gasteiger partial charge is 0.508 e. The zero-order chi connectivity index (χ0) is 33.3. The first-order chi connectivity index (χ1) is 21.9. The number of phenols is 3. The van der Waals surface area contributed by atoms with Crippen molar-refractivity contribution in [1.82, 2.24) is 0 Å². The van der Waals surface area contributed by atoms with Crippen molar-refractivity contribution in [3.05, 3.63) is 76.5 Å². The molecule has 0 aliphatic carbocycles. The predicted octanol–water partition coefficient (Wildman–Crippen LogP) is 1.48. The minimum absolute atomic E-state index is 0.00158.